The molecule has 0 saturated carbocycles. The number of hydrogen-bond donors (Lipinski definition) is 1. The summed E-state index contributed by atoms with van der Waals surface area (Å²) < 4.78 is 0. The Labute approximate surface area is 161 Å². The van der Waals surface area contributed by atoms with Crippen LogP contribution in [0.15, 0.2) is 42.0 Å². The zero-order chi connectivity index (χ0) is 19.4. The van der Waals surface area contributed by atoms with Crippen molar-refractivity contribution in [2.45, 2.75) is 20.4 Å². The minimum absolute atomic E-state index is 0.182. The number of amides is 2. The molecule has 27 heavy (non-hydrogen) atoms. The molecule has 0 aliphatic heterocycles. The second kappa shape index (κ2) is 8.05. The maximum Gasteiger partial charge on any atom is 0.261 e. The summed E-state index contributed by atoms with van der Waals surface area (Å²) in [5.74, 6) is -0.398. The Bertz CT molecular complexity index is 951. The number of rotatable bonds is 5. The Hall–Kier alpha value is -3.13. The highest BCUT2D eigenvalue weighted by Crippen LogP contribution is 2.21. The van der Waals surface area contributed by atoms with E-state index in [4.69, 9.17) is 0 Å². The van der Waals surface area contributed by atoms with E-state index in [-0.39, 0.29) is 18.4 Å². The van der Waals surface area contributed by atoms with Crippen LogP contribution in [-0.4, -0.2) is 33.8 Å². The summed E-state index contributed by atoms with van der Waals surface area (Å²) in [5.41, 5.74) is 3.39. The van der Waals surface area contributed by atoms with Crippen LogP contribution in [0.25, 0.3) is 0 Å². The third-order valence-corrected chi connectivity index (χ3v) is 4.86. The molecule has 1 N–H and O–H groups in total. The van der Waals surface area contributed by atoms with Gasteiger partial charge in [-0.3, -0.25) is 24.5 Å². The van der Waals surface area contributed by atoms with Crippen LogP contribution in [0.2, 0.25) is 0 Å². The molecule has 3 aromatic heterocycles. The first kappa shape index (κ1) is 18.7. The molecule has 7 nitrogen and oxygen atoms in total. The summed E-state index contributed by atoms with van der Waals surface area (Å²) in [5, 5.41) is 5.18. The predicted molar refractivity (Wildman–Crippen MR) is 104 cm³/mol. The molecule has 0 aliphatic carbocycles. The highest BCUT2D eigenvalue weighted by atomic mass is 32.1. The van der Waals surface area contributed by atoms with Gasteiger partial charge in [-0.25, -0.2) is 4.98 Å². The van der Waals surface area contributed by atoms with E-state index < -0.39 is 0 Å². The summed E-state index contributed by atoms with van der Waals surface area (Å²) in [4.78, 5) is 38.8. The van der Waals surface area contributed by atoms with Crippen LogP contribution in [0.1, 0.15) is 37.8 Å². The molecule has 0 fully saturated rings. The Morgan fingerprint density at radius 2 is 1.67 bits per heavy atom. The van der Waals surface area contributed by atoms with Crippen molar-refractivity contribution in [3.8, 4) is 0 Å². The van der Waals surface area contributed by atoms with Crippen LogP contribution in [0, 0.1) is 13.8 Å². The fourth-order valence-corrected chi connectivity index (χ4v) is 3.07. The van der Waals surface area contributed by atoms with Gasteiger partial charge in [-0.2, -0.15) is 0 Å². The summed E-state index contributed by atoms with van der Waals surface area (Å²) in [6, 6.07) is 7.05. The van der Waals surface area contributed by atoms with E-state index in [9.17, 15) is 9.59 Å². The molecule has 3 heterocycles. The van der Waals surface area contributed by atoms with Gasteiger partial charge in [0.25, 0.3) is 11.8 Å². The first-order valence-electron chi connectivity index (χ1n) is 8.30. The molecule has 2 amide bonds. The first-order chi connectivity index (χ1) is 12.9. The van der Waals surface area contributed by atoms with Gasteiger partial charge in [-0.1, -0.05) is 0 Å². The lowest BCUT2D eigenvalue weighted by Crippen LogP contribution is -2.26. The Morgan fingerprint density at radius 3 is 2.26 bits per heavy atom. The molecule has 0 aliphatic rings. The number of carbonyl (C=O) groups excluding carboxylic acids is 2. The number of carbonyl (C=O) groups is 2. The monoisotopic (exact) mass is 381 g/mol. The maximum absolute atomic E-state index is 12.5. The fraction of sp³-hybridized carbons (Fsp3) is 0.211. The van der Waals surface area contributed by atoms with Gasteiger partial charge >= 0.3 is 0 Å². The number of pyridine rings is 2. The minimum Gasteiger partial charge on any atom is -0.346 e. The van der Waals surface area contributed by atoms with Crippen LogP contribution in [0.3, 0.4) is 0 Å². The van der Waals surface area contributed by atoms with Crippen LogP contribution in [0.4, 0.5) is 5.13 Å². The van der Waals surface area contributed by atoms with Gasteiger partial charge < -0.3 is 5.32 Å². The van der Waals surface area contributed by atoms with Crippen molar-refractivity contribution in [3.05, 3.63) is 70.2 Å². The first-order valence-corrected chi connectivity index (χ1v) is 9.18. The van der Waals surface area contributed by atoms with E-state index in [2.05, 4.69) is 20.3 Å². The lowest BCUT2D eigenvalue weighted by molar-refractivity contribution is 0.0948. The van der Waals surface area contributed by atoms with E-state index >= 15 is 0 Å². The molecular formula is C19H19N5O2S. The van der Waals surface area contributed by atoms with Gasteiger partial charge in [-0.15, -0.1) is 11.3 Å². The van der Waals surface area contributed by atoms with Crippen molar-refractivity contribution in [2.24, 2.45) is 0 Å². The van der Waals surface area contributed by atoms with Gasteiger partial charge in [0.05, 0.1) is 23.4 Å². The molecule has 0 saturated heterocycles. The predicted octanol–water partition coefficient (Wildman–Crippen LogP) is 2.76. The molecule has 0 aromatic carbocycles. The second-order valence-electron chi connectivity index (χ2n) is 6.04. The minimum atomic E-state index is -0.216. The number of hydrogen-bond acceptors (Lipinski definition) is 6. The Balaban J connectivity index is 1.62. The Kier molecular flexibility index (Phi) is 5.56. The quantitative estimate of drug-likeness (QED) is 0.734. The highest BCUT2D eigenvalue weighted by molar-refractivity contribution is 7.14. The molecule has 3 aromatic rings. The van der Waals surface area contributed by atoms with E-state index in [0.717, 1.165) is 11.4 Å². The van der Waals surface area contributed by atoms with Gasteiger partial charge in [-0.05, 0) is 38.1 Å². The summed E-state index contributed by atoms with van der Waals surface area (Å²) in [6.07, 6.45) is 3.09. The number of nitrogens with one attached hydrogen (secondary N) is 1. The van der Waals surface area contributed by atoms with Gasteiger partial charge in [0.15, 0.2) is 5.13 Å². The molecule has 8 heteroatoms. The zero-order valence-corrected chi connectivity index (χ0v) is 16.1. The smallest absolute Gasteiger partial charge is 0.261 e. The molecule has 0 atom stereocenters. The number of anilines is 1. The van der Waals surface area contributed by atoms with Crippen LogP contribution in [-0.2, 0) is 6.54 Å². The lowest BCUT2D eigenvalue weighted by atomic mass is 10.2. The number of thiazole rings is 1. The number of nitrogens with zero attached hydrogens (tertiary/aromatic N) is 4. The van der Waals surface area contributed by atoms with Crippen molar-refractivity contribution < 1.29 is 9.59 Å². The number of aryl methyl sites for hydroxylation is 2. The van der Waals surface area contributed by atoms with E-state index in [1.54, 1.807) is 43.7 Å². The van der Waals surface area contributed by atoms with Crippen molar-refractivity contribution in [1.82, 2.24) is 20.3 Å². The van der Waals surface area contributed by atoms with Crippen LogP contribution >= 0.6 is 11.3 Å². The largest absolute Gasteiger partial charge is 0.346 e. The van der Waals surface area contributed by atoms with Gasteiger partial charge in [0, 0.05) is 36.2 Å². The normalized spacial score (nSPS) is 10.5. The van der Waals surface area contributed by atoms with Gasteiger partial charge in [0.2, 0.25) is 0 Å². The zero-order valence-electron chi connectivity index (χ0n) is 15.3. The molecular weight excluding hydrogens is 362 g/mol. The van der Waals surface area contributed by atoms with Crippen LogP contribution in [0.5, 0.6) is 0 Å². The SMILES string of the molecule is Cc1ccc(C(=O)NCc2csc(N(C)C(=O)c3ccc(C)nc3)n2)cn1. The highest BCUT2D eigenvalue weighted by Gasteiger charge is 2.17. The van der Waals surface area contributed by atoms with Crippen molar-refractivity contribution in [2.75, 3.05) is 11.9 Å². The summed E-state index contributed by atoms with van der Waals surface area (Å²) >= 11 is 1.34. The summed E-state index contributed by atoms with van der Waals surface area (Å²) in [6.45, 7) is 4.01. The van der Waals surface area contributed by atoms with Gasteiger partial charge in [0.1, 0.15) is 0 Å². The molecule has 0 unspecified atom stereocenters. The fourth-order valence-electron chi connectivity index (χ4n) is 2.28. The molecule has 0 bridgehead atoms. The molecule has 138 valence electrons. The third kappa shape index (κ3) is 4.53. The van der Waals surface area contributed by atoms with E-state index in [0.29, 0.717) is 22.0 Å². The molecule has 0 spiro atoms. The maximum atomic E-state index is 12.5. The van der Waals surface area contributed by atoms with Crippen molar-refractivity contribution in [1.29, 1.82) is 0 Å². The van der Waals surface area contributed by atoms with E-state index in [1.165, 1.54) is 16.2 Å². The second-order valence-corrected chi connectivity index (χ2v) is 6.88. The average Bonchev–Trinajstić information content (AvgIpc) is 3.15. The standard InChI is InChI=1S/C19H19N5O2S/c1-12-4-6-14(8-20-12)17(25)22-10-16-11-27-19(23-16)24(3)18(26)15-7-5-13(2)21-9-15/h4-9,11H,10H2,1-3H3,(H,22,25). The summed E-state index contributed by atoms with van der Waals surface area (Å²) in [7, 11) is 1.67. The average molecular weight is 381 g/mol. The van der Waals surface area contributed by atoms with E-state index in [1.807, 2.05) is 19.2 Å². The lowest BCUT2D eigenvalue weighted by Gasteiger charge is -2.13. The van der Waals surface area contributed by atoms with Crippen LogP contribution < -0.4 is 10.2 Å². The van der Waals surface area contributed by atoms with Crippen molar-refractivity contribution in [3.63, 3.8) is 0 Å². The number of aromatic nitrogens is 3. The molecule has 3 rings (SSSR count). The third-order valence-electron chi connectivity index (χ3n) is 3.89. The molecule has 0 radical (unpaired) electrons. The Morgan fingerprint density at radius 1 is 1.04 bits per heavy atom. The topological polar surface area (TPSA) is 88.1 Å². The van der Waals surface area contributed by atoms with Crippen molar-refractivity contribution >= 4 is 28.3 Å².